The highest BCUT2D eigenvalue weighted by molar-refractivity contribution is 6.05. The topological polar surface area (TPSA) is 67.8 Å². The zero-order chi connectivity index (χ0) is 22.1. The molecule has 0 aliphatic heterocycles. The zero-order valence-corrected chi connectivity index (χ0v) is 18.2. The molecule has 0 spiro atoms. The minimum Gasteiger partial charge on any atom is -0.317 e. The number of nitrogens with one attached hydrogen (secondary N) is 1. The van der Waals surface area contributed by atoms with E-state index in [-0.39, 0.29) is 12.4 Å². The molecule has 166 valence electrons. The first-order valence-corrected chi connectivity index (χ1v) is 10.2. The van der Waals surface area contributed by atoms with Gasteiger partial charge >= 0.3 is 0 Å². The fourth-order valence-electron chi connectivity index (χ4n) is 3.90. The number of aryl methyl sites for hydroxylation is 2. The second-order valence-electron chi connectivity index (χ2n) is 7.59. The Balaban J connectivity index is 0.00000259. The quantitative estimate of drug-likeness (QED) is 0.425. The standard InChI is InChI=1S/C25H18F2N4O.ClH/c26-20-7-2-8-21(27)23(20)31-25(32)16-9-10-19-15(12-16)4-1-5-17-14-29-24(30-22(17)19)18-6-3-11-28-13-18;/h2-3,6-14H,1,4-5H2,(H,31,32);1H. The lowest BCUT2D eigenvalue weighted by atomic mass is 9.98. The van der Waals surface area contributed by atoms with Crippen molar-refractivity contribution in [2.45, 2.75) is 19.3 Å². The highest BCUT2D eigenvalue weighted by atomic mass is 35.5. The van der Waals surface area contributed by atoms with E-state index in [9.17, 15) is 13.6 Å². The van der Waals surface area contributed by atoms with Crippen LogP contribution < -0.4 is 5.32 Å². The second-order valence-corrected chi connectivity index (χ2v) is 7.59. The molecule has 1 N–H and O–H groups in total. The van der Waals surface area contributed by atoms with E-state index in [0.29, 0.717) is 11.4 Å². The number of pyridine rings is 1. The van der Waals surface area contributed by atoms with Gasteiger partial charge in [0.05, 0.1) is 5.69 Å². The summed E-state index contributed by atoms with van der Waals surface area (Å²) in [6.07, 6.45) is 7.71. The minimum absolute atomic E-state index is 0. The van der Waals surface area contributed by atoms with Crippen molar-refractivity contribution in [3.05, 3.63) is 95.4 Å². The number of halogens is 3. The lowest BCUT2D eigenvalue weighted by Gasteiger charge is -2.12. The van der Waals surface area contributed by atoms with Crippen molar-refractivity contribution >= 4 is 24.0 Å². The summed E-state index contributed by atoms with van der Waals surface area (Å²) in [6.45, 7) is 0. The molecule has 0 bridgehead atoms. The van der Waals surface area contributed by atoms with Crippen LogP contribution >= 0.6 is 12.4 Å². The molecule has 0 unspecified atom stereocenters. The smallest absolute Gasteiger partial charge is 0.255 e. The maximum absolute atomic E-state index is 13.9. The van der Waals surface area contributed by atoms with Gasteiger partial charge in [0, 0.05) is 35.3 Å². The third-order valence-corrected chi connectivity index (χ3v) is 5.50. The van der Waals surface area contributed by atoms with Crippen LogP contribution in [0, 0.1) is 11.6 Å². The van der Waals surface area contributed by atoms with Crippen molar-refractivity contribution in [1.29, 1.82) is 0 Å². The van der Waals surface area contributed by atoms with E-state index >= 15 is 0 Å². The van der Waals surface area contributed by atoms with E-state index in [1.54, 1.807) is 24.5 Å². The second kappa shape index (κ2) is 9.42. The molecule has 1 amide bonds. The summed E-state index contributed by atoms with van der Waals surface area (Å²) in [5.74, 6) is -1.62. The van der Waals surface area contributed by atoms with Gasteiger partial charge in [0.15, 0.2) is 5.82 Å². The summed E-state index contributed by atoms with van der Waals surface area (Å²) in [5, 5.41) is 2.35. The van der Waals surface area contributed by atoms with Crippen LogP contribution in [-0.2, 0) is 12.8 Å². The fraction of sp³-hybridized carbons (Fsp3) is 0.120. The average molecular weight is 465 g/mol. The number of anilines is 1. The van der Waals surface area contributed by atoms with E-state index in [1.165, 1.54) is 6.07 Å². The van der Waals surface area contributed by atoms with Crippen molar-refractivity contribution in [3.8, 4) is 22.6 Å². The lowest BCUT2D eigenvalue weighted by molar-refractivity contribution is 0.102. The van der Waals surface area contributed by atoms with Gasteiger partial charge in [-0.3, -0.25) is 9.78 Å². The number of benzene rings is 2. The molecule has 1 aliphatic rings. The summed E-state index contributed by atoms with van der Waals surface area (Å²) >= 11 is 0. The fourth-order valence-corrected chi connectivity index (χ4v) is 3.90. The van der Waals surface area contributed by atoms with E-state index in [1.807, 2.05) is 24.4 Å². The van der Waals surface area contributed by atoms with Gasteiger partial charge in [0.1, 0.15) is 17.3 Å². The number of para-hydroxylation sites is 1. The van der Waals surface area contributed by atoms with Crippen molar-refractivity contribution < 1.29 is 13.6 Å². The number of carbonyl (C=O) groups excluding carboxylic acids is 1. The summed E-state index contributed by atoms with van der Waals surface area (Å²) in [7, 11) is 0. The molecular formula is C25H19ClF2N4O. The molecule has 2 aromatic carbocycles. The number of hydrogen-bond acceptors (Lipinski definition) is 4. The number of fused-ring (bicyclic) bond motifs is 3. The number of rotatable bonds is 3. The Kier molecular flexibility index (Phi) is 6.42. The molecule has 8 heteroatoms. The SMILES string of the molecule is Cl.O=C(Nc1c(F)cccc1F)c1ccc2c(c1)CCCc1cnc(-c3cccnc3)nc1-2. The first kappa shape index (κ1) is 22.5. The van der Waals surface area contributed by atoms with Crippen molar-refractivity contribution in [2.75, 3.05) is 5.32 Å². The van der Waals surface area contributed by atoms with E-state index in [0.717, 1.165) is 59.3 Å². The number of amides is 1. The number of hydrogen-bond donors (Lipinski definition) is 1. The summed E-state index contributed by atoms with van der Waals surface area (Å²) in [5.41, 5.74) is 4.47. The number of nitrogens with zero attached hydrogens (tertiary/aromatic N) is 3. The van der Waals surface area contributed by atoms with Crippen LogP contribution in [0.25, 0.3) is 22.6 Å². The van der Waals surface area contributed by atoms with Crippen LogP contribution in [0.5, 0.6) is 0 Å². The van der Waals surface area contributed by atoms with E-state index in [4.69, 9.17) is 4.98 Å². The van der Waals surface area contributed by atoms with Crippen molar-refractivity contribution in [1.82, 2.24) is 15.0 Å². The maximum Gasteiger partial charge on any atom is 0.255 e. The molecule has 0 saturated carbocycles. The first-order chi connectivity index (χ1) is 15.6. The molecule has 2 heterocycles. The Labute approximate surface area is 195 Å². The lowest BCUT2D eigenvalue weighted by Crippen LogP contribution is -2.14. The molecule has 0 atom stereocenters. The molecule has 2 aromatic heterocycles. The normalized spacial score (nSPS) is 12.1. The Morgan fingerprint density at radius 1 is 0.939 bits per heavy atom. The third-order valence-electron chi connectivity index (χ3n) is 5.50. The Morgan fingerprint density at radius 2 is 1.73 bits per heavy atom. The maximum atomic E-state index is 13.9. The van der Waals surface area contributed by atoms with Crippen LogP contribution in [0.1, 0.15) is 27.9 Å². The predicted octanol–water partition coefficient (Wildman–Crippen LogP) is 5.65. The molecule has 33 heavy (non-hydrogen) atoms. The van der Waals surface area contributed by atoms with Crippen molar-refractivity contribution in [2.24, 2.45) is 0 Å². The van der Waals surface area contributed by atoms with Gasteiger partial charge < -0.3 is 5.32 Å². The molecule has 0 radical (unpaired) electrons. The highest BCUT2D eigenvalue weighted by Gasteiger charge is 2.20. The van der Waals surface area contributed by atoms with Gasteiger partial charge in [-0.05, 0) is 66.8 Å². The molecule has 4 aromatic rings. The van der Waals surface area contributed by atoms with Crippen LogP contribution in [0.3, 0.4) is 0 Å². The van der Waals surface area contributed by atoms with Gasteiger partial charge in [0.25, 0.3) is 5.91 Å². The van der Waals surface area contributed by atoms with E-state index < -0.39 is 23.2 Å². The van der Waals surface area contributed by atoms with Crippen LogP contribution in [0.15, 0.2) is 67.1 Å². The largest absolute Gasteiger partial charge is 0.317 e. The van der Waals surface area contributed by atoms with Gasteiger partial charge in [-0.15, -0.1) is 12.4 Å². The molecule has 0 fully saturated rings. The van der Waals surface area contributed by atoms with Gasteiger partial charge in [-0.1, -0.05) is 12.1 Å². The van der Waals surface area contributed by atoms with Crippen LogP contribution in [0.2, 0.25) is 0 Å². The van der Waals surface area contributed by atoms with Gasteiger partial charge in [-0.25, -0.2) is 18.7 Å². The summed E-state index contributed by atoms with van der Waals surface area (Å²) < 4.78 is 27.8. The number of carbonyl (C=O) groups is 1. The molecule has 5 rings (SSSR count). The Bertz CT molecular complexity index is 1310. The number of aromatic nitrogens is 3. The van der Waals surface area contributed by atoms with Gasteiger partial charge in [-0.2, -0.15) is 0 Å². The Hall–Kier alpha value is -3.71. The van der Waals surface area contributed by atoms with E-state index in [2.05, 4.69) is 15.3 Å². The highest BCUT2D eigenvalue weighted by Crippen LogP contribution is 2.33. The third kappa shape index (κ3) is 4.45. The summed E-state index contributed by atoms with van der Waals surface area (Å²) in [4.78, 5) is 26.1. The molecule has 1 aliphatic carbocycles. The zero-order valence-electron chi connectivity index (χ0n) is 17.4. The van der Waals surface area contributed by atoms with Crippen LogP contribution in [-0.4, -0.2) is 20.9 Å². The molecular weight excluding hydrogens is 446 g/mol. The van der Waals surface area contributed by atoms with Gasteiger partial charge in [0.2, 0.25) is 0 Å². The Morgan fingerprint density at radius 3 is 2.48 bits per heavy atom. The predicted molar refractivity (Wildman–Crippen MR) is 124 cm³/mol. The minimum atomic E-state index is -0.818. The van der Waals surface area contributed by atoms with Crippen LogP contribution in [0.4, 0.5) is 14.5 Å². The first-order valence-electron chi connectivity index (χ1n) is 10.2. The monoisotopic (exact) mass is 464 g/mol. The summed E-state index contributed by atoms with van der Waals surface area (Å²) in [6, 6.07) is 12.5. The van der Waals surface area contributed by atoms with Crippen molar-refractivity contribution in [3.63, 3.8) is 0 Å². The molecule has 5 nitrogen and oxygen atoms in total. The average Bonchev–Trinajstić information content (AvgIpc) is 3.00. The molecule has 0 saturated heterocycles.